The quantitative estimate of drug-likeness (QED) is 0.790. The van der Waals surface area contributed by atoms with Gasteiger partial charge in [-0.2, -0.15) is 0 Å². The number of benzene rings is 1. The zero-order chi connectivity index (χ0) is 21.4. The van der Waals surface area contributed by atoms with Gasteiger partial charge in [-0.15, -0.1) is 0 Å². The molecule has 2 unspecified atom stereocenters. The Morgan fingerprint density at radius 3 is 2.42 bits per heavy atom. The summed E-state index contributed by atoms with van der Waals surface area (Å²) < 4.78 is 18.7. The molecule has 2 aromatic rings. The van der Waals surface area contributed by atoms with E-state index in [4.69, 9.17) is 10.5 Å². The standard InChI is InChI=1S/C23H28FN5O2/c24-18-3-1-15(2-4-18)21-6-5-20(25)22(26-21)27-23(30)29-13-16-11-19(12-17(16)14-29)28-7-9-31-10-8-28/h1-6,16-17,19H,7-14,25H2,(H,26,27,30). The van der Waals surface area contributed by atoms with Crippen LogP contribution in [0.25, 0.3) is 11.3 Å². The Morgan fingerprint density at radius 2 is 1.74 bits per heavy atom. The average Bonchev–Trinajstić information content (AvgIpc) is 3.36. The molecule has 0 radical (unpaired) electrons. The molecule has 3 heterocycles. The molecule has 1 aromatic carbocycles. The molecule has 164 valence electrons. The zero-order valence-electron chi connectivity index (χ0n) is 17.5. The van der Waals surface area contributed by atoms with Gasteiger partial charge in [0.15, 0.2) is 5.82 Å². The number of rotatable bonds is 3. The van der Waals surface area contributed by atoms with Crippen LogP contribution in [0.2, 0.25) is 0 Å². The minimum atomic E-state index is -0.303. The molecular formula is C23H28FN5O2. The van der Waals surface area contributed by atoms with Crippen LogP contribution >= 0.6 is 0 Å². The molecule has 31 heavy (non-hydrogen) atoms. The fourth-order valence-electron chi connectivity index (χ4n) is 5.21. The third-order valence-electron chi connectivity index (χ3n) is 6.87. The Hall–Kier alpha value is -2.71. The van der Waals surface area contributed by atoms with Crippen LogP contribution in [0.4, 0.5) is 20.7 Å². The summed E-state index contributed by atoms with van der Waals surface area (Å²) >= 11 is 0. The molecular weight excluding hydrogens is 397 g/mol. The average molecular weight is 426 g/mol. The number of hydrogen-bond donors (Lipinski definition) is 2. The number of aromatic nitrogens is 1. The van der Waals surface area contributed by atoms with Gasteiger partial charge in [0.25, 0.3) is 0 Å². The van der Waals surface area contributed by atoms with Crippen LogP contribution in [0, 0.1) is 17.7 Å². The number of nitrogens with two attached hydrogens (primary N) is 1. The Balaban J connectivity index is 1.21. The summed E-state index contributed by atoms with van der Waals surface area (Å²) in [6, 6.07) is 10.0. The summed E-state index contributed by atoms with van der Waals surface area (Å²) in [5, 5.41) is 2.89. The van der Waals surface area contributed by atoms with Gasteiger partial charge in [-0.3, -0.25) is 10.2 Å². The van der Waals surface area contributed by atoms with Crippen molar-refractivity contribution in [3.05, 3.63) is 42.2 Å². The second-order valence-electron chi connectivity index (χ2n) is 8.77. The molecule has 3 fully saturated rings. The first kappa shape index (κ1) is 20.2. The van der Waals surface area contributed by atoms with Crippen molar-refractivity contribution in [2.45, 2.75) is 18.9 Å². The Morgan fingerprint density at radius 1 is 1.06 bits per heavy atom. The van der Waals surface area contributed by atoms with E-state index >= 15 is 0 Å². The molecule has 2 aliphatic heterocycles. The minimum Gasteiger partial charge on any atom is -0.396 e. The highest BCUT2D eigenvalue weighted by Gasteiger charge is 2.44. The number of nitrogens with one attached hydrogen (secondary N) is 1. The number of halogens is 1. The Labute approximate surface area is 181 Å². The van der Waals surface area contributed by atoms with E-state index in [1.165, 1.54) is 12.1 Å². The van der Waals surface area contributed by atoms with Crippen LogP contribution in [0.15, 0.2) is 36.4 Å². The molecule has 2 saturated heterocycles. The number of nitrogens with zero attached hydrogens (tertiary/aromatic N) is 3. The molecule has 0 spiro atoms. The molecule has 2 atom stereocenters. The number of amides is 2. The van der Waals surface area contributed by atoms with Gasteiger partial charge in [-0.1, -0.05) is 0 Å². The van der Waals surface area contributed by atoms with Gasteiger partial charge in [0, 0.05) is 37.8 Å². The fourth-order valence-corrected chi connectivity index (χ4v) is 5.21. The number of hydrogen-bond acceptors (Lipinski definition) is 5. The van der Waals surface area contributed by atoms with Crippen LogP contribution in [0.3, 0.4) is 0 Å². The summed E-state index contributed by atoms with van der Waals surface area (Å²) in [4.78, 5) is 21.9. The Bertz CT molecular complexity index is 933. The molecule has 7 nitrogen and oxygen atoms in total. The van der Waals surface area contributed by atoms with E-state index in [0.29, 0.717) is 35.1 Å². The largest absolute Gasteiger partial charge is 0.396 e. The van der Waals surface area contributed by atoms with Gasteiger partial charge < -0.3 is 15.4 Å². The molecule has 3 aliphatic rings. The minimum absolute atomic E-state index is 0.159. The van der Waals surface area contributed by atoms with Crippen molar-refractivity contribution in [2.24, 2.45) is 11.8 Å². The fraction of sp³-hybridized carbons (Fsp3) is 0.478. The first-order chi connectivity index (χ1) is 15.1. The third-order valence-corrected chi connectivity index (χ3v) is 6.87. The molecule has 8 heteroatoms. The molecule has 3 N–H and O–H groups in total. The highest BCUT2D eigenvalue weighted by Crippen LogP contribution is 2.40. The molecule has 5 rings (SSSR count). The number of pyridine rings is 1. The number of morpholine rings is 1. The number of carbonyl (C=O) groups is 1. The van der Waals surface area contributed by atoms with Crippen LogP contribution < -0.4 is 11.1 Å². The number of carbonyl (C=O) groups excluding carboxylic acids is 1. The highest BCUT2D eigenvalue weighted by atomic mass is 19.1. The zero-order valence-corrected chi connectivity index (χ0v) is 17.5. The van der Waals surface area contributed by atoms with Gasteiger partial charge in [-0.25, -0.2) is 14.2 Å². The maximum absolute atomic E-state index is 13.2. The van der Waals surface area contributed by atoms with E-state index in [9.17, 15) is 9.18 Å². The maximum atomic E-state index is 13.2. The number of urea groups is 1. The van der Waals surface area contributed by atoms with Crippen LogP contribution in [0.5, 0.6) is 0 Å². The number of ether oxygens (including phenoxy) is 1. The summed E-state index contributed by atoms with van der Waals surface area (Å²) in [6.07, 6.45) is 2.30. The van der Waals surface area contributed by atoms with Crippen LogP contribution in [-0.4, -0.2) is 66.2 Å². The van der Waals surface area contributed by atoms with E-state index in [2.05, 4.69) is 15.2 Å². The van der Waals surface area contributed by atoms with E-state index in [1.54, 1.807) is 24.3 Å². The second kappa shape index (κ2) is 8.43. The Kier molecular flexibility index (Phi) is 5.50. The number of likely N-dealkylation sites (tertiary alicyclic amines) is 1. The predicted octanol–water partition coefficient (Wildman–Crippen LogP) is 3.04. The summed E-state index contributed by atoms with van der Waals surface area (Å²) in [6.45, 7) is 5.23. The van der Waals surface area contributed by atoms with Crippen molar-refractivity contribution in [1.82, 2.24) is 14.8 Å². The molecule has 1 aliphatic carbocycles. The maximum Gasteiger partial charge on any atom is 0.323 e. The van der Waals surface area contributed by atoms with Crippen molar-refractivity contribution in [3.63, 3.8) is 0 Å². The second-order valence-corrected chi connectivity index (χ2v) is 8.77. The van der Waals surface area contributed by atoms with E-state index < -0.39 is 0 Å². The normalized spacial score (nSPS) is 26.1. The molecule has 1 aromatic heterocycles. The van der Waals surface area contributed by atoms with Crippen LogP contribution in [0.1, 0.15) is 12.8 Å². The van der Waals surface area contributed by atoms with Gasteiger partial charge in [0.05, 0.1) is 24.6 Å². The topological polar surface area (TPSA) is 83.7 Å². The van der Waals surface area contributed by atoms with Gasteiger partial charge in [-0.05, 0) is 61.1 Å². The molecule has 0 bridgehead atoms. The monoisotopic (exact) mass is 425 g/mol. The van der Waals surface area contributed by atoms with Crippen molar-refractivity contribution < 1.29 is 13.9 Å². The summed E-state index contributed by atoms with van der Waals surface area (Å²) in [7, 11) is 0. The lowest BCUT2D eigenvalue weighted by atomic mass is 10.0. The van der Waals surface area contributed by atoms with Crippen molar-refractivity contribution in [3.8, 4) is 11.3 Å². The SMILES string of the molecule is Nc1ccc(-c2ccc(F)cc2)nc1NC(=O)N1CC2CC(N3CCOCC3)CC2C1. The lowest BCUT2D eigenvalue weighted by Gasteiger charge is -2.33. The van der Waals surface area contributed by atoms with E-state index in [-0.39, 0.29) is 11.8 Å². The lowest BCUT2D eigenvalue weighted by Crippen LogP contribution is -2.43. The first-order valence-corrected chi connectivity index (χ1v) is 11.0. The van der Waals surface area contributed by atoms with Crippen molar-refractivity contribution in [1.29, 1.82) is 0 Å². The summed E-state index contributed by atoms with van der Waals surface area (Å²) in [5.74, 6) is 1.14. The highest BCUT2D eigenvalue weighted by molar-refractivity contribution is 5.92. The first-order valence-electron chi connectivity index (χ1n) is 11.0. The number of fused-ring (bicyclic) bond motifs is 1. The van der Waals surface area contributed by atoms with Crippen LogP contribution in [-0.2, 0) is 4.74 Å². The van der Waals surface area contributed by atoms with Crippen molar-refractivity contribution >= 4 is 17.5 Å². The van der Waals surface area contributed by atoms with E-state index in [0.717, 1.165) is 57.8 Å². The van der Waals surface area contributed by atoms with Crippen molar-refractivity contribution in [2.75, 3.05) is 50.4 Å². The molecule has 1 saturated carbocycles. The number of anilines is 2. The van der Waals surface area contributed by atoms with E-state index in [1.807, 2.05) is 4.90 Å². The summed E-state index contributed by atoms with van der Waals surface area (Å²) in [5.41, 5.74) is 7.87. The van der Waals surface area contributed by atoms with Gasteiger partial charge in [0.2, 0.25) is 0 Å². The smallest absolute Gasteiger partial charge is 0.323 e. The third kappa shape index (κ3) is 4.22. The van der Waals surface area contributed by atoms with Gasteiger partial charge in [0.1, 0.15) is 5.82 Å². The predicted molar refractivity (Wildman–Crippen MR) is 117 cm³/mol. The molecule has 2 amide bonds. The number of nitrogen functional groups attached to an aromatic ring is 1. The van der Waals surface area contributed by atoms with Gasteiger partial charge >= 0.3 is 6.03 Å². The lowest BCUT2D eigenvalue weighted by molar-refractivity contribution is 0.0159.